The summed E-state index contributed by atoms with van der Waals surface area (Å²) >= 11 is 1.79. The highest BCUT2D eigenvalue weighted by Crippen LogP contribution is 2.33. The van der Waals surface area contributed by atoms with Crippen LogP contribution in [0.4, 0.5) is 5.69 Å². The number of rotatable bonds is 3. The monoisotopic (exact) mass is 316 g/mol. The molecule has 1 saturated heterocycles. The molecule has 0 unspecified atom stereocenters. The van der Waals surface area contributed by atoms with E-state index in [-0.39, 0.29) is 9.64 Å². The number of nitrogen functional groups attached to an aromatic ring is 1. The summed E-state index contributed by atoms with van der Waals surface area (Å²) in [5.74, 6) is 1.29. The third kappa shape index (κ3) is 3.05. The van der Waals surface area contributed by atoms with Crippen molar-refractivity contribution >= 4 is 27.5 Å². The van der Waals surface area contributed by atoms with E-state index in [1.807, 2.05) is 0 Å². The van der Waals surface area contributed by atoms with Crippen molar-refractivity contribution < 1.29 is 13.2 Å². The summed E-state index contributed by atoms with van der Waals surface area (Å²) in [7, 11) is -1.99. The molecule has 0 aliphatic carbocycles. The van der Waals surface area contributed by atoms with Gasteiger partial charge >= 0.3 is 0 Å². The van der Waals surface area contributed by atoms with Crippen LogP contribution in [0.2, 0.25) is 0 Å². The lowest BCUT2D eigenvalue weighted by Gasteiger charge is -2.36. The average Bonchev–Trinajstić information content (AvgIpc) is 2.37. The topological polar surface area (TPSA) is 72.6 Å². The van der Waals surface area contributed by atoms with Gasteiger partial charge in [-0.05, 0) is 32.0 Å². The lowest BCUT2D eigenvalue weighted by atomic mass is 10.2. The number of anilines is 1. The highest BCUT2D eigenvalue weighted by Gasteiger charge is 2.34. The first-order chi connectivity index (χ1) is 9.26. The average molecular weight is 316 g/mol. The zero-order valence-corrected chi connectivity index (χ0v) is 13.6. The summed E-state index contributed by atoms with van der Waals surface area (Å²) < 4.78 is 31.8. The van der Waals surface area contributed by atoms with Crippen LogP contribution in [0, 0.1) is 0 Å². The number of benzene rings is 1. The molecule has 0 saturated carbocycles. The molecule has 1 aliphatic rings. The molecular weight excluding hydrogens is 296 g/mol. The molecule has 2 N–H and O–H groups in total. The van der Waals surface area contributed by atoms with Gasteiger partial charge in [-0.1, -0.05) is 0 Å². The van der Waals surface area contributed by atoms with E-state index < -0.39 is 10.0 Å². The fourth-order valence-electron chi connectivity index (χ4n) is 2.20. The molecule has 1 aromatic rings. The molecule has 2 rings (SSSR count). The van der Waals surface area contributed by atoms with Gasteiger partial charge in [0, 0.05) is 23.6 Å². The van der Waals surface area contributed by atoms with Gasteiger partial charge in [0.1, 0.15) is 5.75 Å². The lowest BCUT2D eigenvalue weighted by Crippen LogP contribution is -2.46. The minimum atomic E-state index is -3.50. The maximum absolute atomic E-state index is 12.6. The molecule has 0 aromatic heterocycles. The van der Waals surface area contributed by atoms with Crippen molar-refractivity contribution in [2.75, 3.05) is 31.7 Å². The van der Waals surface area contributed by atoms with Crippen molar-refractivity contribution in [1.29, 1.82) is 0 Å². The van der Waals surface area contributed by atoms with Crippen molar-refractivity contribution in [2.24, 2.45) is 0 Å². The van der Waals surface area contributed by atoms with Gasteiger partial charge in [0.15, 0.2) is 0 Å². The van der Waals surface area contributed by atoms with Crippen LogP contribution >= 0.6 is 11.8 Å². The highest BCUT2D eigenvalue weighted by molar-refractivity contribution is 8.00. The van der Waals surface area contributed by atoms with E-state index in [0.29, 0.717) is 24.5 Å². The number of hydrogen-bond donors (Lipinski definition) is 1. The summed E-state index contributed by atoms with van der Waals surface area (Å²) in [5.41, 5.74) is 6.13. The maximum atomic E-state index is 12.6. The second-order valence-corrected chi connectivity index (χ2v) is 9.09. The molecule has 0 bridgehead atoms. The number of nitrogens with two attached hydrogens (primary N) is 1. The van der Waals surface area contributed by atoms with Crippen LogP contribution in [0.15, 0.2) is 23.1 Å². The largest absolute Gasteiger partial charge is 0.495 e. The van der Waals surface area contributed by atoms with E-state index in [2.05, 4.69) is 13.8 Å². The number of nitrogens with zero attached hydrogens (tertiary/aromatic N) is 1. The Labute approximate surface area is 124 Å². The number of ether oxygens (including phenoxy) is 1. The van der Waals surface area contributed by atoms with E-state index in [9.17, 15) is 8.42 Å². The molecule has 1 aliphatic heterocycles. The van der Waals surface area contributed by atoms with Gasteiger partial charge < -0.3 is 10.5 Å². The number of thioether (sulfide) groups is 1. The predicted molar refractivity (Wildman–Crippen MR) is 82.7 cm³/mol. The van der Waals surface area contributed by atoms with Crippen molar-refractivity contribution in [3.8, 4) is 5.75 Å². The van der Waals surface area contributed by atoms with Crippen LogP contribution in [-0.4, -0.2) is 43.4 Å². The molecule has 0 amide bonds. The molecule has 0 atom stereocenters. The third-order valence-electron chi connectivity index (χ3n) is 3.23. The van der Waals surface area contributed by atoms with Crippen molar-refractivity contribution in [1.82, 2.24) is 4.31 Å². The Bertz CT molecular complexity index is 600. The second kappa shape index (κ2) is 5.46. The molecule has 0 radical (unpaired) electrons. The van der Waals surface area contributed by atoms with E-state index in [0.717, 1.165) is 5.75 Å². The number of methoxy groups -OCH3 is 1. The summed E-state index contributed by atoms with van der Waals surface area (Å²) in [6, 6.07) is 4.59. The van der Waals surface area contributed by atoms with Crippen LogP contribution in [0.1, 0.15) is 13.8 Å². The summed E-state index contributed by atoms with van der Waals surface area (Å²) in [6.07, 6.45) is 0. The Hall–Kier alpha value is -0.920. The van der Waals surface area contributed by atoms with Gasteiger partial charge in [-0.3, -0.25) is 0 Å². The zero-order chi connectivity index (χ0) is 15.0. The molecule has 5 nitrogen and oxygen atoms in total. The van der Waals surface area contributed by atoms with E-state index >= 15 is 0 Å². The number of hydrogen-bond acceptors (Lipinski definition) is 5. The minimum Gasteiger partial charge on any atom is -0.495 e. The Morgan fingerprint density at radius 1 is 1.40 bits per heavy atom. The van der Waals surface area contributed by atoms with Gasteiger partial charge in [-0.15, -0.1) is 0 Å². The SMILES string of the molecule is COc1ccc(S(=O)(=O)N2CCSC(C)(C)C2)cc1N. The van der Waals surface area contributed by atoms with Gasteiger partial charge in [-0.2, -0.15) is 16.1 Å². The van der Waals surface area contributed by atoms with Gasteiger partial charge in [0.2, 0.25) is 10.0 Å². The Morgan fingerprint density at radius 3 is 2.65 bits per heavy atom. The van der Waals surface area contributed by atoms with Crippen LogP contribution in [0.5, 0.6) is 5.75 Å². The van der Waals surface area contributed by atoms with E-state index in [4.69, 9.17) is 10.5 Å². The van der Waals surface area contributed by atoms with Gasteiger partial charge in [0.05, 0.1) is 17.7 Å². The van der Waals surface area contributed by atoms with Crippen molar-refractivity contribution in [2.45, 2.75) is 23.5 Å². The Morgan fingerprint density at radius 2 is 2.10 bits per heavy atom. The molecular formula is C13H20N2O3S2. The molecule has 1 heterocycles. The molecule has 7 heteroatoms. The minimum absolute atomic E-state index is 0.0661. The highest BCUT2D eigenvalue weighted by atomic mass is 32.2. The standard InChI is InChI=1S/C13H20N2O3S2/c1-13(2)9-15(6-7-19-13)20(16,17)10-4-5-12(18-3)11(14)8-10/h4-5,8H,6-7,9,14H2,1-3H3. The maximum Gasteiger partial charge on any atom is 0.243 e. The fourth-order valence-corrected chi connectivity index (χ4v) is 5.15. The molecule has 1 aromatic carbocycles. The summed E-state index contributed by atoms with van der Waals surface area (Å²) in [5, 5.41) is 0. The van der Waals surface area contributed by atoms with Crippen LogP contribution in [0.25, 0.3) is 0 Å². The molecule has 0 spiro atoms. The lowest BCUT2D eigenvalue weighted by molar-refractivity contribution is 0.387. The van der Waals surface area contributed by atoms with E-state index in [1.54, 1.807) is 23.9 Å². The first-order valence-electron chi connectivity index (χ1n) is 6.34. The predicted octanol–water partition coefficient (Wildman–Crippen LogP) is 1.79. The zero-order valence-electron chi connectivity index (χ0n) is 11.9. The summed E-state index contributed by atoms with van der Waals surface area (Å²) in [6.45, 7) is 5.15. The third-order valence-corrected chi connectivity index (χ3v) is 6.37. The Balaban J connectivity index is 2.33. The fraction of sp³-hybridized carbons (Fsp3) is 0.538. The molecule has 20 heavy (non-hydrogen) atoms. The van der Waals surface area contributed by atoms with Gasteiger partial charge in [-0.25, -0.2) is 8.42 Å². The first kappa shape index (κ1) is 15.5. The smallest absolute Gasteiger partial charge is 0.243 e. The number of sulfonamides is 1. The van der Waals surface area contributed by atoms with Crippen LogP contribution in [-0.2, 0) is 10.0 Å². The Kier molecular flexibility index (Phi) is 4.22. The van der Waals surface area contributed by atoms with Crippen molar-refractivity contribution in [3.63, 3.8) is 0 Å². The summed E-state index contributed by atoms with van der Waals surface area (Å²) in [4.78, 5) is 0.221. The van der Waals surface area contributed by atoms with Crippen LogP contribution < -0.4 is 10.5 Å². The normalized spacial score (nSPS) is 19.8. The first-order valence-corrected chi connectivity index (χ1v) is 8.76. The van der Waals surface area contributed by atoms with Crippen LogP contribution in [0.3, 0.4) is 0 Å². The molecule has 112 valence electrons. The van der Waals surface area contributed by atoms with Gasteiger partial charge in [0.25, 0.3) is 0 Å². The van der Waals surface area contributed by atoms with E-state index in [1.165, 1.54) is 17.5 Å². The quantitative estimate of drug-likeness (QED) is 0.861. The van der Waals surface area contributed by atoms with Crippen molar-refractivity contribution in [3.05, 3.63) is 18.2 Å². The molecule has 1 fully saturated rings. The second-order valence-electron chi connectivity index (χ2n) is 5.35.